The lowest BCUT2D eigenvalue weighted by atomic mass is 9.96. The highest BCUT2D eigenvalue weighted by molar-refractivity contribution is 6.16. The molecule has 0 aliphatic carbocycles. The van der Waals surface area contributed by atoms with Gasteiger partial charge in [0.15, 0.2) is 0 Å². The first-order valence-electron chi connectivity index (χ1n) is 17.8. The maximum absolute atomic E-state index is 2.39. The van der Waals surface area contributed by atoms with E-state index in [0.717, 1.165) is 22.7 Å². The van der Waals surface area contributed by atoms with Crippen LogP contribution in [-0.4, -0.2) is 4.57 Å². The molecular formula is C50H34N2. The maximum Gasteiger partial charge on any atom is 0.0562 e. The maximum atomic E-state index is 2.39. The van der Waals surface area contributed by atoms with Gasteiger partial charge in [0.25, 0.3) is 0 Å². The van der Waals surface area contributed by atoms with Crippen molar-refractivity contribution in [3.63, 3.8) is 0 Å². The zero-order valence-corrected chi connectivity index (χ0v) is 28.5. The molecule has 2 nitrogen and oxygen atoms in total. The molecule has 9 aromatic carbocycles. The first-order chi connectivity index (χ1) is 25.8. The third kappa shape index (κ3) is 5.12. The van der Waals surface area contributed by atoms with E-state index in [2.05, 4.69) is 216 Å². The summed E-state index contributed by atoms with van der Waals surface area (Å²) in [6.45, 7) is 0. The van der Waals surface area contributed by atoms with E-state index < -0.39 is 0 Å². The molecule has 0 radical (unpaired) electrons. The Labute approximate surface area is 303 Å². The van der Waals surface area contributed by atoms with Gasteiger partial charge in [-0.2, -0.15) is 0 Å². The van der Waals surface area contributed by atoms with Crippen molar-refractivity contribution in [1.82, 2.24) is 4.57 Å². The second kappa shape index (κ2) is 12.5. The smallest absolute Gasteiger partial charge is 0.0562 e. The fourth-order valence-electron chi connectivity index (χ4n) is 7.82. The van der Waals surface area contributed by atoms with Gasteiger partial charge in [-0.25, -0.2) is 0 Å². The van der Waals surface area contributed by atoms with Gasteiger partial charge < -0.3 is 9.47 Å². The van der Waals surface area contributed by atoms with Crippen molar-refractivity contribution in [3.8, 4) is 27.9 Å². The minimum absolute atomic E-state index is 1.11. The molecule has 52 heavy (non-hydrogen) atoms. The minimum atomic E-state index is 1.11. The molecular weight excluding hydrogens is 629 g/mol. The van der Waals surface area contributed by atoms with Crippen LogP contribution in [0.2, 0.25) is 0 Å². The lowest BCUT2D eigenvalue weighted by Gasteiger charge is -2.26. The van der Waals surface area contributed by atoms with Gasteiger partial charge in [0.1, 0.15) is 0 Å². The molecule has 0 aliphatic heterocycles. The van der Waals surface area contributed by atoms with E-state index in [0.29, 0.717) is 0 Å². The van der Waals surface area contributed by atoms with Crippen LogP contribution in [-0.2, 0) is 0 Å². The summed E-state index contributed by atoms with van der Waals surface area (Å²) >= 11 is 0. The van der Waals surface area contributed by atoms with Crippen LogP contribution in [0.4, 0.5) is 17.1 Å². The van der Waals surface area contributed by atoms with Crippen molar-refractivity contribution in [1.29, 1.82) is 0 Å². The highest BCUT2D eigenvalue weighted by atomic mass is 15.1. The lowest BCUT2D eigenvalue weighted by molar-refractivity contribution is 1.18. The molecule has 2 heteroatoms. The van der Waals surface area contributed by atoms with Gasteiger partial charge >= 0.3 is 0 Å². The second-order valence-electron chi connectivity index (χ2n) is 13.4. The minimum Gasteiger partial charge on any atom is -0.310 e. The summed E-state index contributed by atoms with van der Waals surface area (Å²) in [5, 5.41) is 7.46. The molecule has 0 bridgehead atoms. The molecule has 1 aromatic heterocycles. The SMILES string of the molecule is c1ccc(N(c2ccc(-c3ccc4cc(-c5ccc6ccccc6c5)ccc4c3)cc2)c2cccc3c2c2ccccc2n3-c2ccccc2)cc1. The number of para-hydroxylation sites is 3. The van der Waals surface area contributed by atoms with Crippen LogP contribution in [0.5, 0.6) is 0 Å². The first kappa shape index (κ1) is 30.0. The zero-order valence-electron chi connectivity index (χ0n) is 28.5. The lowest BCUT2D eigenvalue weighted by Crippen LogP contribution is -2.10. The van der Waals surface area contributed by atoms with E-state index in [1.807, 2.05) is 0 Å². The summed E-state index contributed by atoms with van der Waals surface area (Å²) in [6, 6.07) is 74.7. The van der Waals surface area contributed by atoms with Crippen molar-refractivity contribution in [2.24, 2.45) is 0 Å². The molecule has 0 saturated carbocycles. The number of hydrogen-bond acceptors (Lipinski definition) is 1. The molecule has 0 amide bonds. The van der Waals surface area contributed by atoms with Crippen molar-refractivity contribution in [3.05, 3.63) is 206 Å². The highest BCUT2D eigenvalue weighted by Gasteiger charge is 2.20. The average Bonchev–Trinajstić information content (AvgIpc) is 3.56. The largest absolute Gasteiger partial charge is 0.310 e. The topological polar surface area (TPSA) is 8.17 Å². The summed E-state index contributed by atoms with van der Waals surface area (Å²) in [7, 11) is 0. The summed E-state index contributed by atoms with van der Waals surface area (Å²) in [5.74, 6) is 0. The van der Waals surface area contributed by atoms with Crippen molar-refractivity contribution >= 4 is 60.4 Å². The van der Waals surface area contributed by atoms with Gasteiger partial charge in [-0.15, -0.1) is 0 Å². The van der Waals surface area contributed by atoms with Gasteiger partial charge in [-0.1, -0.05) is 133 Å². The molecule has 10 aromatic rings. The third-order valence-corrected chi connectivity index (χ3v) is 10.3. The molecule has 0 unspecified atom stereocenters. The summed E-state index contributed by atoms with van der Waals surface area (Å²) in [6.07, 6.45) is 0. The molecule has 0 atom stereocenters. The first-order valence-corrected chi connectivity index (χ1v) is 17.8. The van der Waals surface area contributed by atoms with Gasteiger partial charge in [-0.3, -0.25) is 0 Å². The Kier molecular flexibility index (Phi) is 7.18. The Hall–Kier alpha value is -6.90. The number of hydrogen-bond donors (Lipinski definition) is 0. The number of fused-ring (bicyclic) bond motifs is 5. The monoisotopic (exact) mass is 662 g/mol. The summed E-state index contributed by atoms with van der Waals surface area (Å²) in [4.78, 5) is 2.39. The summed E-state index contributed by atoms with van der Waals surface area (Å²) in [5.41, 5.74) is 11.8. The van der Waals surface area contributed by atoms with Crippen LogP contribution in [0.15, 0.2) is 206 Å². The average molecular weight is 663 g/mol. The van der Waals surface area contributed by atoms with Crippen LogP contribution in [0.25, 0.3) is 71.3 Å². The second-order valence-corrected chi connectivity index (χ2v) is 13.4. The van der Waals surface area contributed by atoms with Gasteiger partial charge in [0.2, 0.25) is 0 Å². The molecule has 244 valence electrons. The fraction of sp³-hybridized carbons (Fsp3) is 0. The normalized spacial score (nSPS) is 11.5. The van der Waals surface area contributed by atoms with Crippen molar-refractivity contribution in [2.75, 3.05) is 4.90 Å². The van der Waals surface area contributed by atoms with E-state index in [1.165, 1.54) is 65.6 Å². The molecule has 0 spiro atoms. The Bertz CT molecular complexity index is 2890. The van der Waals surface area contributed by atoms with Gasteiger partial charge in [0.05, 0.1) is 16.7 Å². The molecule has 0 fully saturated rings. The Morgan fingerprint density at radius 1 is 0.327 bits per heavy atom. The number of benzene rings is 9. The predicted molar refractivity (Wildman–Crippen MR) is 221 cm³/mol. The van der Waals surface area contributed by atoms with Crippen LogP contribution < -0.4 is 4.90 Å². The van der Waals surface area contributed by atoms with Gasteiger partial charge in [-0.05, 0) is 117 Å². The Morgan fingerprint density at radius 3 is 1.54 bits per heavy atom. The third-order valence-electron chi connectivity index (χ3n) is 10.3. The highest BCUT2D eigenvalue weighted by Crippen LogP contribution is 2.44. The number of rotatable bonds is 6. The van der Waals surface area contributed by atoms with E-state index in [4.69, 9.17) is 0 Å². The van der Waals surface area contributed by atoms with Crippen LogP contribution in [0, 0.1) is 0 Å². The summed E-state index contributed by atoms with van der Waals surface area (Å²) < 4.78 is 2.38. The predicted octanol–water partition coefficient (Wildman–Crippen LogP) is 13.9. The van der Waals surface area contributed by atoms with Crippen LogP contribution in [0.3, 0.4) is 0 Å². The Morgan fingerprint density at radius 2 is 0.827 bits per heavy atom. The van der Waals surface area contributed by atoms with Crippen molar-refractivity contribution in [2.45, 2.75) is 0 Å². The Balaban J connectivity index is 1.05. The van der Waals surface area contributed by atoms with Gasteiger partial charge in [0, 0.05) is 27.8 Å². The van der Waals surface area contributed by atoms with E-state index in [1.54, 1.807) is 0 Å². The van der Waals surface area contributed by atoms with E-state index in [9.17, 15) is 0 Å². The zero-order chi connectivity index (χ0) is 34.4. The van der Waals surface area contributed by atoms with E-state index in [-0.39, 0.29) is 0 Å². The molecule has 0 saturated heterocycles. The standard InChI is InChI=1S/C50H34N2/c1-3-14-43(15-4-1)51(48-20-11-21-49-50(48)46-18-9-10-19-47(46)52(49)44-16-5-2-6-17-44)45-30-28-36(29-31-45)38-24-25-41-34-42(27-26-40(41)33-38)39-23-22-35-12-7-8-13-37(35)32-39/h1-34H. The van der Waals surface area contributed by atoms with Crippen LogP contribution >= 0.6 is 0 Å². The number of aromatic nitrogens is 1. The molecule has 0 aliphatic rings. The molecule has 10 rings (SSSR count). The van der Waals surface area contributed by atoms with Crippen LogP contribution in [0.1, 0.15) is 0 Å². The molecule has 0 N–H and O–H groups in total. The fourth-order valence-corrected chi connectivity index (χ4v) is 7.82. The number of anilines is 3. The van der Waals surface area contributed by atoms with E-state index >= 15 is 0 Å². The molecule has 1 heterocycles. The quantitative estimate of drug-likeness (QED) is 0.172. The number of nitrogens with zero attached hydrogens (tertiary/aromatic N) is 2. The van der Waals surface area contributed by atoms with Crippen molar-refractivity contribution < 1.29 is 0 Å².